The Morgan fingerprint density at radius 3 is 2.81 bits per heavy atom. The molecule has 0 saturated heterocycles. The lowest BCUT2D eigenvalue weighted by molar-refractivity contribution is -0.115. The Morgan fingerprint density at radius 2 is 2.07 bits per heavy atom. The van der Waals surface area contributed by atoms with Gasteiger partial charge in [-0.3, -0.25) is 9.59 Å². The lowest BCUT2D eigenvalue weighted by Gasteiger charge is -2.10. The largest absolute Gasteiger partial charge is 0.301 e. The topological polar surface area (TPSA) is 87.7 Å². The number of thiazole rings is 1. The lowest BCUT2D eigenvalue weighted by Crippen LogP contribution is -2.23. The first-order valence-electron chi connectivity index (χ1n) is 8.64. The molecule has 2 aromatic heterocycles. The summed E-state index contributed by atoms with van der Waals surface area (Å²) in [5.74, 6) is -0.183. The molecule has 8 heteroatoms. The molecule has 0 bridgehead atoms. The van der Waals surface area contributed by atoms with Crippen LogP contribution in [0.5, 0.6) is 0 Å². The minimum Gasteiger partial charge on any atom is -0.301 e. The van der Waals surface area contributed by atoms with Gasteiger partial charge in [0.1, 0.15) is 0 Å². The number of benzene rings is 1. The van der Waals surface area contributed by atoms with E-state index in [1.165, 1.54) is 29.2 Å². The van der Waals surface area contributed by atoms with Gasteiger partial charge in [-0.05, 0) is 13.3 Å². The molecule has 1 atom stereocenters. The predicted molar refractivity (Wildman–Crippen MR) is 110 cm³/mol. The molecule has 0 aliphatic heterocycles. The van der Waals surface area contributed by atoms with Crippen molar-refractivity contribution in [1.29, 1.82) is 0 Å². The summed E-state index contributed by atoms with van der Waals surface area (Å²) in [5, 5.41) is 5.33. The molecule has 2 heterocycles. The second kappa shape index (κ2) is 8.96. The highest BCUT2D eigenvalue weighted by atomic mass is 32.2. The van der Waals surface area contributed by atoms with Crippen LogP contribution in [0.3, 0.4) is 0 Å². The number of hydrogen-bond donors (Lipinski definition) is 2. The molecule has 1 aromatic carbocycles. The van der Waals surface area contributed by atoms with Gasteiger partial charge in [0.25, 0.3) is 5.56 Å². The molecule has 27 heavy (non-hydrogen) atoms. The number of nitrogens with one attached hydrogen (secondary N) is 2. The number of carbonyl (C=O) groups is 1. The molecule has 2 N–H and O–H groups in total. The third-order valence-corrected chi connectivity index (χ3v) is 5.48. The van der Waals surface area contributed by atoms with Gasteiger partial charge in [-0.25, -0.2) is 9.97 Å². The number of amides is 1. The predicted octanol–water partition coefficient (Wildman–Crippen LogP) is 3.97. The van der Waals surface area contributed by atoms with Crippen molar-refractivity contribution < 1.29 is 4.79 Å². The SMILES string of the molecule is CCCc1cc(=O)[nH]c(SC(C)C(=O)Nc2nc(-c3ccccc3)cs2)n1. The summed E-state index contributed by atoms with van der Waals surface area (Å²) in [6.07, 6.45) is 1.64. The van der Waals surface area contributed by atoms with Gasteiger partial charge in [0.2, 0.25) is 5.91 Å². The normalized spacial score (nSPS) is 11.9. The summed E-state index contributed by atoms with van der Waals surface area (Å²) in [6, 6.07) is 11.3. The molecule has 140 valence electrons. The van der Waals surface area contributed by atoms with Crippen molar-refractivity contribution in [2.45, 2.75) is 37.1 Å². The lowest BCUT2D eigenvalue weighted by atomic mass is 10.2. The molecule has 0 saturated carbocycles. The van der Waals surface area contributed by atoms with Crippen molar-refractivity contribution in [3.05, 3.63) is 57.8 Å². The average molecular weight is 401 g/mol. The molecule has 0 aliphatic rings. The van der Waals surface area contributed by atoms with E-state index in [0.29, 0.717) is 10.3 Å². The van der Waals surface area contributed by atoms with Crippen molar-refractivity contribution in [3.8, 4) is 11.3 Å². The maximum Gasteiger partial charge on any atom is 0.251 e. The van der Waals surface area contributed by atoms with Crippen LogP contribution in [0.2, 0.25) is 0 Å². The van der Waals surface area contributed by atoms with Gasteiger partial charge in [-0.2, -0.15) is 0 Å². The number of H-pyrrole nitrogens is 1. The van der Waals surface area contributed by atoms with E-state index in [1.807, 2.05) is 42.6 Å². The number of aromatic amines is 1. The maximum atomic E-state index is 12.5. The Kier molecular flexibility index (Phi) is 6.41. The fourth-order valence-electron chi connectivity index (χ4n) is 2.42. The smallest absolute Gasteiger partial charge is 0.251 e. The van der Waals surface area contributed by atoms with Gasteiger partial charge in [0.05, 0.1) is 10.9 Å². The van der Waals surface area contributed by atoms with Gasteiger partial charge in [-0.15, -0.1) is 11.3 Å². The first kappa shape index (κ1) is 19.3. The highest BCUT2D eigenvalue weighted by Gasteiger charge is 2.18. The van der Waals surface area contributed by atoms with E-state index < -0.39 is 5.25 Å². The van der Waals surface area contributed by atoms with Crippen molar-refractivity contribution in [3.63, 3.8) is 0 Å². The number of thioether (sulfide) groups is 1. The summed E-state index contributed by atoms with van der Waals surface area (Å²) >= 11 is 2.61. The quantitative estimate of drug-likeness (QED) is 0.463. The number of nitrogens with zero attached hydrogens (tertiary/aromatic N) is 2. The van der Waals surface area contributed by atoms with E-state index in [4.69, 9.17) is 0 Å². The zero-order valence-electron chi connectivity index (χ0n) is 15.1. The van der Waals surface area contributed by atoms with E-state index in [-0.39, 0.29) is 11.5 Å². The Bertz CT molecular complexity index is 969. The van der Waals surface area contributed by atoms with E-state index in [9.17, 15) is 9.59 Å². The summed E-state index contributed by atoms with van der Waals surface area (Å²) in [6.45, 7) is 3.81. The maximum absolute atomic E-state index is 12.5. The van der Waals surface area contributed by atoms with Gasteiger partial charge < -0.3 is 10.3 Å². The standard InChI is InChI=1S/C19H20N4O2S2/c1-3-7-14-10-16(24)22-19(20-14)27-12(2)17(25)23-18-21-15(11-26-18)13-8-5-4-6-9-13/h4-6,8-12H,3,7H2,1-2H3,(H,20,22,24)(H,21,23,25). The highest BCUT2D eigenvalue weighted by Crippen LogP contribution is 2.26. The summed E-state index contributed by atoms with van der Waals surface area (Å²) in [4.78, 5) is 35.8. The zero-order valence-corrected chi connectivity index (χ0v) is 16.7. The molecule has 0 radical (unpaired) electrons. The number of hydrogen-bond acceptors (Lipinski definition) is 6. The van der Waals surface area contributed by atoms with Crippen LogP contribution in [0.1, 0.15) is 26.0 Å². The first-order valence-corrected chi connectivity index (χ1v) is 10.4. The molecular weight excluding hydrogens is 380 g/mol. The van der Waals surface area contributed by atoms with Crippen molar-refractivity contribution in [1.82, 2.24) is 15.0 Å². The third-order valence-electron chi connectivity index (χ3n) is 3.74. The Morgan fingerprint density at radius 1 is 1.30 bits per heavy atom. The molecule has 6 nitrogen and oxygen atoms in total. The summed E-state index contributed by atoms with van der Waals surface area (Å²) in [7, 11) is 0. The van der Waals surface area contributed by atoms with Crippen LogP contribution in [0.25, 0.3) is 11.3 Å². The Balaban J connectivity index is 1.65. The molecule has 3 aromatic rings. The van der Waals surface area contributed by atoms with Crippen LogP contribution in [-0.2, 0) is 11.2 Å². The van der Waals surface area contributed by atoms with Crippen molar-refractivity contribution in [2.24, 2.45) is 0 Å². The van der Waals surface area contributed by atoms with Crippen LogP contribution < -0.4 is 10.9 Å². The third kappa shape index (κ3) is 5.27. The minimum atomic E-state index is -0.422. The van der Waals surface area contributed by atoms with E-state index in [2.05, 4.69) is 20.3 Å². The highest BCUT2D eigenvalue weighted by molar-refractivity contribution is 8.00. The van der Waals surface area contributed by atoms with Gasteiger partial charge in [-0.1, -0.05) is 55.4 Å². The van der Waals surface area contributed by atoms with Crippen LogP contribution in [0.4, 0.5) is 5.13 Å². The monoisotopic (exact) mass is 400 g/mol. The fraction of sp³-hybridized carbons (Fsp3) is 0.263. The van der Waals surface area contributed by atoms with Crippen LogP contribution in [-0.4, -0.2) is 26.1 Å². The van der Waals surface area contributed by atoms with Gasteiger partial charge in [0.15, 0.2) is 10.3 Å². The molecule has 0 spiro atoms. The van der Waals surface area contributed by atoms with E-state index in [0.717, 1.165) is 29.8 Å². The molecule has 0 fully saturated rings. The van der Waals surface area contributed by atoms with E-state index in [1.54, 1.807) is 6.92 Å². The molecular formula is C19H20N4O2S2. The number of aryl methyl sites for hydroxylation is 1. The van der Waals surface area contributed by atoms with Crippen molar-refractivity contribution in [2.75, 3.05) is 5.32 Å². The number of carbonyl (C=O) groups excluding carboxylic acids is 1. The number of rotatable bonds is 7. The first-order chi connectivity index (χ1) is 13.0. The summed E-state index contributed by atoms with van der Waals surface area (Å²) in [5.41, 5.74) is 2.38. The van der Waals surface area contributed by atoms with Crippen LogP contribution in [0.15, 0.2) is 51.7 Å². The van der Waals surface area contributed by atoms with Gasteiger partial charge in [0, 0.05) is 22.7 Å². The zero-order chi connectivity index (χ0) is 19.2. The Hall–Kier alpha value is -2.45. The molecule has 1 amide bonds. The number of anilines is 1. The van der Waals surface area contributed by atoms with Gasteiger partial charge >= 0.3 is 0 Å². The minimum absolute atomic E-state index is 0.183. The molecule has 3 rings (SSSR count). The fourth-order valence-corrected chi connectivity index (χ4v) is 3.98. The second-order valence-corrected chi connectivity index (χ2v) is 8.13. The van der Waals surface area contributed by atoms with Crippen LogP contribution >= 0.6 is 23.1 Å². The second-order valence-electron chi connectivity index (χ2n) is 5.95. The summed E-state index contributed by atoms with van der Waals surface area (Å²) < 4.78 is 0. The molecule has 1 unspecified atom stereocenters. The van der Waals surface area contributed by atoms with Crippen LogP contribution in [0, 0.1) is 0 Å². The average Bonchev–Trinajstić information content (AvgIpc) is 3.10. The Labute approximate surface area is 165 Å². The van der Waals surface area contributed by atoms with E-state index >= 15 is 0 Å². The van der Waals surface area contributed by atoms with Crippen molar-refractivity contribution >= 4 is 34.1 Å². The molecule has 0 aliphatic carbocycles. The number of aromatic nitrogens is 3.